The summed E-state index contributed by atoms with van der Waals surface area (Å²) < 4.78 is 5.71. The molecular weight excluding hydrogens is 328 g/mol. The average molecular weight is 347 g/mol. The zero-order valence-corrected chi connectivity index (χ0v) is 14.0. The van der Waals surface area contributed by atoms with E-state index >= 15 is 0 Å². The number of aromatic nitrogens is 2. The maximum atomic E-state index is 12.3. The second-order valence-corrected chi connectivity index (χ2v) is 5.96. The standard InChI is InChI=1S/C17H19ClN4O2/c18-14-1-3-15(4-2-14)24-12-11-21-7-9-22(10-8-21)17(23)16-13-19-5-6-20-16/h1-6,13H,7-12H2. The van der Waals surface area contributed by atoms with Crippen LogP contribution in [0.4, 0.5) is 0 Å². The summed E-state index contributed by atoms with van der Waals surface area (Å²) in [4.78, 5) is 24.4. The second kappa shape index (κ2) is 8.08. The maximum Gasteiger partial charge on any atom is 0.274 e. The molecule has 7 heteroatoms. The first kappa shape index (κ1) is 16.7. The van der Waals surface area contributed by atoms with Crippen molar-refractivity contribution in [2.24, 2.45) is 0 Å². The Hall–Kier alpha value is -2.18. The highest BCUT2D eigenvalue weighted by Gasteiger charge is 2.22. The van der Waals surface area contributed by atoms with Gasteiger partial charge in [0.15, 0.2) is 0 Å². The Morgan fingerprint density at radius 1 is 1.12 bits per heavy atom. The van der Waals surface area contributed by atoms with E-state index in [1.807, 2.05) is 29.2 Å². The highest BCUT2D eigenvalue weighted by atomic mass is 35.5. The lowest BCUT2D eigenvalue weighted by molar-refractivity contribution is 0.0614. The van der Waals surface area contributed by atoms with Gasteiger partial charge < -0.3 is 9.64 Å². The zero-order chi connectivity index (χ0) is 16.8. The first-order valence-electron chi connectivity index (χ1n) is 7.88. The number of carbonyl (C=O) groups excluding carboxylic acids is 1. The van der Waals surface area contributed by atoms with E-state index in [1.165, 1.54) is 12.4 Å². The number of rotatable bonds is 5. The summed E-state index contributed by atoms with van der Waals surface area (Å²) in [6, 6.07) is 7.35. The Morgan fingerprint density at radius 3 is 2.54 bits per heavy atom. The van der Waals surface area contributed by atoms with Crippen molar-refractivity contribution in [3.05, 3.63) is 53.6 Å². The summed E-state index contributed by atoms with van der Waals surface area (Å²) in [6.07, 6.45) is 4.61. The van der Waals surface area contributed by atoms with Gasteiger partial charge in [-0.15, -0.1) is 0 Å². The molecule has 1 aromatic heterocycles. The molecule has 0 atom stereocenters. The van der Waals surface area contributed by atoms with Gasteiger partial charge in [-0.3, -0.25) is 14.7 Å². The van der Waals surface area contributed by atoms with Crippen LogP contribution in [0.5, 0.6) is 5.75 Å². The van der Waals surface area contributed by atoms with E-state index in [9.17, 15) is 4.79 Å². The average Bonchev–Trinajstić information content (AvgIpc) is 2.64. The third-order valence-electron chi connectivity index (χ3n) is 3.93. The van der Waals surface area contributed by atoms with Gasteiger partial charge in [0, 0.05) is 50.1 Å². The molecule has 0 unspecified atom stereocenters. The van der Waals surface area contributed by atoms with Crippen molar-refractivity contribution in [2.45, 2.75) is 0 Å². The van der Waals surface area contributed by atoms with Crippen LogP contribution in [0.15, 0.2) is 42.9 Å². The number of amides is 1. The normalized spacial score (nSPS) is 15.3. The molecule has 3 rings (SSSR count). The SMILES string of the molecule is O=C(c1cnccn1)N1CCN(CCOc2ccc(Cl)cc2)CC1. The lowest BCUT2D eigenvalue weighted by Gasteiger charge is -2.34. The molecule has 0 bridgehead atoms. The lowest BCUT2D eigenvalue weighted by atomic mass is 10.3. The van der Waals surface area contributed by atoms with Crippen molar-refractivity contribution in [3.63, 3.8) is 0 Å². The molecule has 1 saturated heterocycles. The third-order valence-corrected chi connectivity index (χ3v) is 4.18. The van der Waals surface area contributed by atoms with Crippen LogP contribution < -0.4 is 4.74 Å². The fourth-order valence-corrected chi connectivity index (χ4v) is 2.70. The summed E-state index contributed by atoms with van der Waals surface area (Å²) in [5, 5.41) is 0.700. The topological polar surface area (TPSA) is 58.6 Å². The highest BCUT2D eigenvalue weighted by molar-refractivity contribution is 6.30. The van der Waals surface area contributed by atoms with E-state index in [0.717, 1.165) is 25.4 Å². The first-order chi connectivity index (χ1) is 11.7. The summed E-state index contributed by atoms with van der Waals surface area (Å²) in [7, 11) is 0. The minimum Gasteiger partial charge on any atom is -0.492 e. The van der Waals surface area contributed by atoms with Crippen LogP contribution in [0.2, 0.25) is 5.02 Å². The van der Waals surface area contributed by atoms with Crippen molar-refractivity contribution < 1.29 is 9.53 Å². The van der Waals surface area contributed by atoms with E-state index < -0.39 is 0 Å². The van der Waals surface area contributed by atoms with Crippen molar-refractivity contribution >= 4 is 17.5 Å². The summed E-state index contributed by atoms with van der Waals surface area (Å²) in [6.45, 7) is 4.48. The molecule has 0 saturated carbocycles. The van der Waals surface area contributed by atoms with Gasteiger partial charge in [0.25, 0.3) is 5.91 Å². The highest BCUT2D eigenvalue weighted by Crippen LogP contribution is 2.15. The summed E-state index contributed by atoms with van der Waals surface area (Å²) in [5.41, 5.74) is 0.400. The van der Waals surface area contributed by atoms with Crippen LogP contribution in [0.25, 0.3) is 0 Å². The van der Waals surface area contributed by atoms with Gasteiger partial charge in [0.1, 0.15) is 18.1 Å². The van der Waals surface area contributed by atoms with Crippen LogP contribution in [-0.4, -0.2) is 65.0 Å². The molecule has 126 valence electrons. The molecule has 6 nitrogen and oxygen atoms in total. The number of hydrogen-bond donors (Lipinski definition) is 0. The molecule has 0 N–H and O–H groups in total. The van der Waals surface area contributed by atoms with Crippen molar-refractivity contribution in [3.8, 4) is 5.75 Å². The van der Waals surface area contributed by atoms with Crippen LogP contribution in [-0.2, 0) is 0 Å². The maximum absolute atomic E-state index is 12.3. The zero-order valence-electron chi connectivity index (χ0n) is 13.3. The largest absolute Gasteiger partial charge is 0.492 e. The molecule has 2 heterocycles. The second-order valence-electron chi connectivity index (χ2n) is 5.53. The molecule has 1 aromatic carbocycles. The van der Waals surface area contributed by atoms with Crippen LogP contribution in [0.3, 0.4) is 0 Å². The fourth-order valence-electron chi connectivity index (χ4n) is 2.57. The summed E-state index contributed by atoms with van der Waals surface area (Å²) in [5.74, 6) is 0.760. The van der Waals surface area contributed by atoms with Crippen molar-refractivity contribution in [2.75, 3.05) is 39.3 Å². The number of ether oxygens (including phenoxy) is 1. The predicted octanol–water partition coefficient (Wildman–Crippen LogP) is 1.97. The van der Waals surface area contributed by atoms with Gasteiger partial charge in [-0.1, -0.05) is 11.6 Å². The molecule has 0 spiro atoms. The molecule has 1 aliphatic rings. The quantitative estimate of drug-likeness (QED) is 0.828. The Labute approximate surface area is 146 Å². The fraction of sp³-hybridized carbons (Fsp3) is 0.353. The van der Waals surface area contributed by atoms with Gasteiger partial charge in [-0.2, -0.15) is 0 Å². The van der Waals surface area contributed by atoms with Gasteiger partial charge in [-0.05, 0) is 24.3 Å². The first-order valence-corrected chi connectivity index (χ1v) is 8.26. The molecule has 1 aliphatic heterocycles. The molecular formula is C17H19ClN4O2. The molecule has 0 radical (unpaired) electrons. The van der Waals surface area contributed by atoms with Gasteiger partial charge in [0.2, 0.25) is 0 Å². The Morgan fingerprint density at radius 2 is 1.88 bits per heavy atom. The van der Waals surface area contributed by atoms with Crippen molar-refractivity contribution in [1.82, 2.24) is 19.8 Å². The molecule has 1 fully saturated rings. The van der Waals surface area contributed by atoms with Gasteiger partial charge in [-0.25, -0.2) is 4.98 Å². The van der Waals surface area contributed by atoms with E-state index in [4.69, 9.17) is 16.3 Å². The molecule has 2 aromatic rings. The van der Waals surface area contributed by atoms with Crippen LogP contribution in [0, 0.1) is 0 Å². The van der Waals surface area contributed by atoms with E-state index in [1.54, 1.807) is 6.20 Å². The Kier molecular flexibility index (Phi) is 5.61. The van der Waals surface area contributed by atoms with E-state index in [0.29, 0.717) is 30.4 Å². The number of carbonyl (C=O) groups is 1. The minimum absolute atomic E-state index is 0.0554. The number of halogens is 1. The van der Waals surface area contributed by atoms with E-state index in [2.05, 4.69) is 14.9 Å². The number of piperazine rings is 1. The minimum atomic E-state index is -0.0554. The number of hydrogen-bond acceptors (Lipinski definition) is 5. The Bertz CT molecular complexity index is 658. The van der Waals surface area contributed by atoms with Crippen LogP contribution in [0.1, 0.15) is 10.5 Å². The van der Waals surface area contributed by atoms with E-state index in [-0.39, 0.29) is 5.91 Å². The van der Waals surface area contributed by atoms with Gasteiger partial charge >= 0.3 is 0 Å². The summed E-state index contributed by atoms with van der Waals surface area (Å²) >= 11 is 5.85. The molecule has 0 aliphatic carbocycles. The lowest BCUT2D eigenvalue weighted by Crippen LogP contribution is -2.49. The van der Waals surface area contributed by atoms with Gasteiger partial charge in [0.05, 0.1) is 6.20 Å². The number of benzene rings is 1. The third kappa shape index (κ3) is 4.43. The smallest absolute Gasteiger partial charge is 0.274 e. The molecule has 1 amide bonds. The van der Waals surface area contributed by atoms with Crippen LogP contribution >= 0.6 is 11.6 Å². The number of nitrogens with zero attached hydrogens (tertiary/aromatic N) is 4. The van der Waals surface area contributed by atoms with Crippen molar-refractivity contribution in [1.29, 1.82) is 0 Å². The Balaban J connectivity index is 1.40. The predicted molar refractivity (Wildman–Crippen MR) is 91.3 cm³/mol. The molecule has 24 heavy (non-hydrogen) atoms. The monoisotopic (exact) mass is 346 g/mol.